The lowest BCUT2D eigenvalue weighted by Gasteiger charge is -2.19. The molecule has 0 saturated heterocycles. The van der Waals surface area contributed by atoms with Crippen LogP contribution in [0.2, 0.25) is 0 Å². The third kappa shape index (κ3) is 1.26. The van der Waals surface area contributed by atoms with Crippen LogP contribution in [0.15, 0.2) is 27.4 Å². The minimum absolute atomic E-state index is 0.368. The standard InChI is InChI=1S/C12H10O4/c1-7-6-10(13)16-11-8(7)2-3-9-12(11)15-5-4-14-9/h2-3,6H,4-5H2,1H3. The van der Waals surface area contributed by atoms with Gasteiger partial charge in [-0.3, -0.25) is 0 Å². The summed E-state index contributed by atoms with van der Waals surface area (Å²) < 4.78 is 16.1. The summed E-state index contributed by atoms with van der Waals surface area (Å²) >= 11 is 0. The highest BCUT2D eigenvalue weighted by atomic mass is 16.6. The van der Waals surface area contributed by atoms with Crippen LogP contribution in [0.1, 0.15) is 5.56 Å². The minimum Gasteiger partial charge on any atom is -0.486 e. The molecule has 16 heavy (non-hydrogen) atoms. The van der Waals surface area contributed by atoms with E-state index in [9.17, 15) is 4.79 Å². The van der Waals surface area contributed by atoms with E-state index in [4.69, 9.17) is 13.9 Å². The molecule has 4 nitrogen and oxygen atoms in total. The summed E-state index contributed by atoms with van der Waals surface area (Å²) in [5, 5.41) is 0.879. The number of ether oxygens (including phenoxy) is 2. The van der Waals surface area contributed by atoms with Crippen LogP contribution >= 0.6 is 0 Å². The molecule has 0 spiro atoms. The van der Waals surface area contributed by atoms with Crippen molar-refractivity contribution in [1.29, 1.82) is 0 Å². The Morgan fingerprint density at radius 3 is 2.88 bits per heavy atom. The fourth-order valence-electron chi connectivity index (χ4n) is 1.89. The number of hydrogen-bond donors (Lipinski definition) is 0. The van der Waals surface area contributed by atoms with Crippen molar-refractivity contribution in [2.24, 2.45) is 0 Å². The fourth-order valence-corrected chi connectivity index (χ4v) is 1.89. The zero-order valence-corrected chi connectivity index (χ0v) is 8.78. The maximum Gasteiger partial charge on any atom is 0.336 e. The Balaban J connectivity index is 2.42. The van der Waals surface area contributed by atoms with Gasteiger partial charge in [0, 0.05) is 11.5 Å². The third-order valence-electron chi connectivity index (χ3n) is 2.63. The fraction of sp³-hybridized carbons (Fsp3) is 0.250. The summed E-state index contributed by atoms with van der Waals surface area (Å²) in [6.07, 6.45) is 0. The van der Waals surface area contributed by atoms with Crippen LogP contribution in [0.4, 0.5) is 0 Å². The lowest BCUT2D eigenvalue weighted by Crippen LogP contribution is -2.16. The van der Waals surface area contributed by atoms with Gasteiger partial charge in [-0.2, -0.15) is 0 Å². The molecule has 82 valence electrons. The van der Waals surface area contributed by atoms with Crippen molar-refractivity contribution in [1.82, 2.24) is 0 Å². The topological polar surface area (TPSA) is 48.7 Å². The van der Waals surface area contributed by atoms with Gasteiger partial charge in [-0.1, -0.05) is 0 Å². The van der Waals surface area contributed by atoms with E-state index >= 15 is 0 Å². The quantitative estimate of drug-likeness (QED) is 0.633. The lowest BCUT2D eigenvalue weighted by atomic mass is 10.1. The third-order valence-corrected chi connectivity index (χ3v) is 2.63. The summed E-state index contributed by atoms with van der Waals surface area (Å²) in [7, 11) is 0. The van der Waals surface area contributed by atoms with Crippen molar-refractivity contribution in [3.05, 3.63) is 34.2 Å². The molecule has 0 radical (unpaired) electrons. The van der Waals surface area contributed by atoms with Crippen LogP contribution in [0.5, 0.6) is 11.5 Å². The molecule has 0 amide bonds. The maximum absolute atomic E-state index is 11.3. The molecule has 0 N–H and O–H groups in total. The molecule has 2 aromatic rings. The summed E-state index contributed by atoms with van der Waals surface area (Å²) in [5.74, 6) is 1.16. The Morgan fingerprint density at radius 2 is 2.00 bits per heavy atom. The first-order valence-corrected chi connectivity index (χ1v) is 5.09. The first-order chi connectivity index (χ1) is 7.75. The van der Waals surface area contributed by atoms with Gasteiger partial charge in [-0.15, -0.1) is 0 Å². The van der Waals surface area contributed by atoms with Crippen LogP contribution < -0.4 is 15.1 Å². The van der Waals surface area contributed by atoms with Gasteiger partial charge < -0.3 is 13.9 Å². The van der Waals surface area contributed by atoms with Gasteiger partial charge in [0.15, 0.2) is 11.3 Å². The van der Waals surface area contributed by atoms with E-state index in [-0.39, 0.29) is 5.63 Å². The minimum atomic E-state index is -0.368. The highest BCUT2D eigenvalue weighted by Crippen LogP contribution is 2.37. The first kappa shape index (κ1) is 9.27. The molecule has 0 unspecified atom stereocenters. The molecular formula is C12H10O4. The lowest BCUT2D eigenvalue weighted by molar-refractivity contribution is 0.171. The summed E-state index contributed by atoms with van der Waals surface area (Å²) in [5.41, 5.74) is 0.984. The van der Waals surface area contributed by atoms with Gasteiger partial charge in [-0.25, -0.2) is 4.79 Å². The van der Waals surface area contributed by atoms with Crippen molar-refractivity contribution in [3.63, 3.8) is 0 Å². The molecule has 0 aliphatic carbocycles. The smallest absolute Gasteiger partial charge is 0.336 e. The second-order valence-electron chi connectivity index (χ2n) is 3.71. The van der Waals surface area contributed by atoms with Crippen molar-refractivity contribution in [3.8, 4) is 11.5 Å². The van der Waals surface area contributed by atoms with E-state index in [2.05, 4.69) is 0 Å². The summed E-state index contributed by atoms with van der Waals surface area (Å²) in [6, 6.07) is 5.18. The largest absolute Gasteiger partial charge is 0.486 e. The van der Waals surface area contributed by atoms with E-state index in [0.29, 0.717) is 30.3 Å². The molecule has 0 bridgehead atoms. The van der Waals surface area contributed by atoms with Gasteiger partial charge in [-0.05, 0) is 24.6 Å². The van der Waals surface area contributed by atoms with Gasteiger partial charge in [0.2, 0.25) is 5.75 Å². The molecule has 1 aromatic carbocycles. The molecule has 1 aromatic heterocycles. The van der Waals surface area contributed by atoms with E-state index in [1.165, 1.54) is 6.07 Å². The number of fused-ring (bicyclic) bond motifs is 3. The predicted octanol–water partition coefficient (Wildman–Crippen LogP) is 1.87. The zero-order chi connectivity index (χ0) is 11.1. The Kier molecular flexibility index (Phi) is 1.89. The Morgan fingerprint density at radius 1 is 1.19 bits per heavy atom. The van der Waals surface area contributed by atoms with Crippen LogP contribution in [0, 0.1) is 6.92 Å². The van der Waals surface area contributed by atoms with Crippen molar-refractivity contribution >= 4 is 11.0 Å². The van der Waals surface area contributed by atoms with Crippen molar-refractivity contribution in [2.45, 2.75) is 6.92 Å². The maximum atomic E-state index is 11.3. The zero-order valence-electron chi connectivity index (χ0n) is 8.78. The molecule has 1 aliphatic rings. The van der Waals surface area contributed by atoms with Gasteiger partial charge in [0.1, 0.15) is 13.2 Å². The number of benzene rings is 1. The highest BCUT2D eigenvalue weighted by molar-refractivity contribution is 5.87. The second kappa shape index (κ2) is 3.27. The van der Waals surface area contributed by atoms with Crippen LogP contribution in [-0.4, -0.2) is 13.2 Å². The van der Waals surface area contributed by atoms with Crippen molar-refractivity contribution in [2.75, 3.05) is 13.2 Å². The second-order valence-corrected chi connectivity index (χ2v) is 3.71. The SMILES string of the molecule is Cc1cc(=O)oc2c3c(ccc12)OCCO3. The van der Waals surface area contributed by atoms with E-state index in [1.807, 2.05) is 19.1 Å². The average Bonchev–Trinajstić information content (AvgIpc) is 2.28. The molecule has 0 atom stereocenters. The number of rotatable bonds is 0. The predicted molar refractivity (Wildman–Crippen MR) is 58.2 cm³/mol. The Hall–Kier alpha value is -1.97. The highest BCUT2D eigenvalue weighted by Gasteiger charge is 2.18. The summed E-state index contributed by atoms with van der Waals surface area (Å²) in [6.45, 7) is 2.87. The molecule has 1 aliphatic heterocycles. The average molecular weight is 218 g/mol. The van der Waals surface area contributed by atoms with Crippen LogP contribution in [0.3, 0.4) is 0 Å². The molecule has 3 rings (SSSR count). The Labute approximate surface area is 91.4 Å². The number of aryl methyl sites for hydroxylation is 1. The first-order valence-electron chi connectivity index (χ1n) is 5.09. The summed E-state index contributed by atoms with van der Waals surface area (Å²) in [4.78, 5) is 11.3. The monoisotopic (exact) mass is 218 g/mol. The normalized spacial score (nSPS) is 14.1. The molecule has 0 fully saturated rings. The molecule has 4 heteroatoms. The van der Waals surface area contributed by atoms with E-state index < -0.39 is 0 Å². The van der Waals surface area contributed by atoms with Gasteiger partial charge >= 0.3 is 5.63 Å². The van der Waals surface area contributed by atoms with E-state index in [0.717, 1.165) is 10.9 Å². The van der Waals surface area contributed by atoms with Crippen LogP contribution in [-0.2, 0) is 0 Å². The molecular weight excluding hydrogens is 208 g/mol. The van der Waals surface area contributed by atoms with Gasteiger partial charge in [0.05, 0.1) is 0 Å². The Bertz CT molecular complexity index is 612. The van der Waals surface area contributed by atoms with Gasteiger partial charge in [0.25, 0.3) is 0 Å². The number of hydrogen-bond acceptors (Lipinski definition) is 4. The van der Waals surface area contributed by atoms with Crippen molar-refractivity contribution < 1.29 is 13.9 Å². The molecule has 0 saturated carbocycles. The van der Waals surface area contributed by atoms with Crippen LogP contribution in [0.25, 0.3) is 11.0 Å². The van der Waals surface area contributed by atoms with E-state index in [1.54, 1.807) is 0 Å². The molecule has 2 heterocycles.